The number of benzene rings is 2. The molecule has 1 aliphatic carbocycles. The van der Waals surface area contributed by atoms with Crippen LogP contribution in [0.3, 0.4) is 0 Å². The van der Waals surface area contributed by atoms with Gasteiger partial charge in [-0.1, -0.05) is 18.2 Å². The Morgan fingerprint density at radius 1 is 1.15 bits per heavy atom. The highest BCUT2D eigenvalue weighted by atomic mass is 19.1. The maximum atomic E-state index is 13.1. The van der Waals surface area contributed by atoms with Crippen LogP contribution in [0.25, 0.3) is 0 Å². The summed E-state index contributed by atoms with van der Waals surface area (Å²) in [6, 6.07) is 10.5. The first-order chi connectivity index (χ1) is 16.3. The average Bonchev–Trinajstić information content (AvgIpc) is 2.83. The Morgan fingerprint density at radius 2 is 1.82 bits per heavy atom. The van der Waals surface area contributed by atoms with Gasteiger partial charge in [-0.15, -0.1) is 0 Å². The molecule has 2 atom stereocenters. The third-order valence-electron chi connectivity index (χ3n) is 6.10. The van der Waals surface area contributed by atoms with Crippen LogP contribution >= 0.6 is 0 Å². The van der Waals surface area contributed by atoms with E-state index >= 15 is 0 Å². The SMILES string of the molecule is CC(NC(=O)c1ccc(F)cc1)/C(N)=C/N(N)[C@@H](CC(=O)NO)Cc1ccc2c(c1)CCCC2. The van der Waals surface area contributed by atoms with Crippen LogP contribution in [0.4, 0.5) is 4.39 Å². The van der Waals surface area contributed by atoms with Crippen LogP contribution in [-0.4, -0.2) is 34.1 Å². The molecule has 2 aromatic carbocycles. The number of fused-ring (bicyclic) bond motifs is 1. The summed E-state index contributed by atoms with van der Waals surface area (Å²) in [6.07, 6.45) is 6.37. The summed E-state index contributed by atoms with van der Waals surface area (Å²) in [7, 11) is 0. The van der Waals surface area contributed by atoms with E-state index in [4.69, 9.17) is 16.8 Å². The van der Waals surface area contributed by atoms with Gasteiger partial charge in [-0.2, -0.15) is 0 Å². The lowest BCUT2D eigenvalue weighted by molar-refractivity contribution is -0.130. The van der Waals surface area contributed by atoms with Gasteiger partial charge >= 0.3 is 0 Å². The minimum Gasteiger partial charge on any atom is -0.399 e. The maximum absolute atomic E-state index is 13.1. The van der Waals surface area contributed by atoms with E-state index < -0.39 is 29.7 Å². The van der Waals surface area contributed by atoms with Gasteiger partial charge in [0.25, 0.3) is 5.91 Å². The summed E-state index contributed by atoms with van der Waals surface area (Å²) in [6.45, 7) is 1.69. The Labute approximate surface area is 198 Å². The fourth-order valence-electron chi connectivity index (χ4n) is 4.08. The largest absolute Gasteiger partial charge is 0.399 e. The van der Waals surface area contributed by atoms with E-state index in [-0.39, 0.29) is 12.1 Å². The second-order valence-electron chi connectivity index (χ2n) is 8.69. The number of carbonyl (C=O) groups excluding carboxylic acids is 2. The van der Waals surface area contributed by atoms with E-state index in [1.165, 1.54) is 53.0 Å². The molecule has 1 aliphatic rings. The third-order valence-corrected chi connectivity index (χ3v) is 6.10. The van der Waals surface area contributed by atoms with Crippen LogP contribution in [-0.2, 0) is 24.1 Å². The molecular weight excluding hydrogens is 437 g/mol. The molecule has 182 valence electrons. The van der Waals surface area contributed by atoms with Crippen molar-refractivity contribution < 1.29 is 19.2 Å². The predicted octanol–water partition coefficient (Wildman–Crippen LogP) is 2.31. The number of hydrogen-bond donors (Lipinski definition) is 5. The molecule has 0 saturated heterocycles. The van der Waals surface area contributed by atoms with Crippen molar-refractivity contribution in [3.05, 3.63) is 82.4 Å². The zero-order valence-electron chi connectivity index (χ0n) is 19.3. The van der Waals surface area contributed by atoms with Gasteiger partial charge in [-0.05, 0) is 80.0 Å². The molecule has 0 spiro atoms. The summed E-state index contributed by atoms with van der Waals surface area (Å²) in [5, 5.41) is 13.1. The number of amides is 2. The first-order valence-electron chi connectivity index (χ1n) is 11.4. The molecule has 3 rings (SSSR count). The number of nitrogens with one attached hydrogen (secondary N) is 2. The minimum atomic E-state index is -0.570. The number of hydroxylamine groups is 1. The van der Waals surface area contributed by atoms with E-state index in [0.717, 1.165) is 24.8 Å². The molecule has 0 fully saturated rings. The van der Waals surface area contributed by atoms with Crippen molar-refractivity contribution in [3.63, 3.8) is 0 Å². The van der Waals surface area contributed by atoms with Crippen molar-refractivity contribution >= 4 is 11.8 Å². The second-order valence-corrected chi connectivity index (χ2v) is 8.69. The van der Waals surface area contributed by atoms with Crippen LogP contribution in [0.15, 0.2) is 54.4 Å². The number of carbonyl (C=O) groups is 2. The molecule has 0 aliphatic heterocycles. The summed E-state index contributed by atoms with van der Waals surface area (Å²) in [5.41, 5.74) is 12.1. The zero-order valence-corrected chi connectivity index (χ0v) is 19.3. The normalized spacial score (nSPS) is 15.1. The number of aryl methyl sites for hydroxylation is 2. The Bertz CT molecular complexity index is 1040. The highest BCUT2D eigenvalue weighted by Crippen LogP contribution is 2.23. The number of nitrogens with zero attached hydrogens (tertiary/aromatic N) is 1. The van der Waals surface area contributed by atoms with Crippen LogP contribution in [0.5, 0.6) is 0 Å². The second kappa shape index (κ2) is 11.6. The maximum Gasteiger partial charge on any atom is 0.251 e. The van der Waals surface area contributed by atoms with Crippen molar-refractivity contribution in [3.8, 4) is 0 Å². The van der Waals surface area contributed by atoms with E-state index in [9.17, 15) is 14.0 Å². The van der Waals surface area contributed by atoms with Gasteiger partial charge in [0, 0.05) is 17.5 Å². The molecule has 0 radical (unpaired) electrons. The number of hydrazine groups is 1. The molecule has 0 heterocycles. The van der Waals surface area contributed by atoms with Gasteiger partial charge in [0.05, 0.1) is 18.5 Å². The van der Waals surface area contributed by atoms with Crippen molar-refractivity contribution in [1.82, 2.24) is 15.8 Å². The monoisotopic (exact) mass is 469 g/mol. The van der Waals surface area contributed by atoms with Crippen molar-refractivity contribution in [2.75, 3.05) is 0 Å². The minimum absolute atomic E-state index is 0.0514. The molecular formula is C25H32FN5O3. The van der Waals surface area contributed by atoms with Crippen molar-refractivity contribution in [2.45, 2.75) is 57.5 Å². The average molecular weight is 470 g/mol. The van der Waals surface area contributed by atoms with Crippen LogP contribution in [0.1, 0.15) is 53.2 Å². The fraction of sp³-hybridized carbons (Fsp3) is 0.360. The van der Waals surface area contributed by atoms with Crippen molar-refractivity contribution in [2.24, 2.45) is 11.6 Å². The van der Waals surface area contributed by atoms with Crippen LogP contribution in [0, 0.1) is 5.82 Å². The molecule has 7 N–H and O–H groups in total. The van der Waals surface area contributed by atoms with E-state index in [1.54, 1.807) is 12.4 Å². The third kappa shape index (κ3) is 6.79. The Balaban J connectivity index is 1.70. The molecule has 2 amide bonds. The molecule has 0 saturated carbocycles. The molecule has 0 bridgehead atoms. The van der Waals surface area contributed by atoms with Crippen LogP contribution < -0.4 is 22.4 Å². The van der Waals surface area contributed by atoms with Gasteiger partial charge in [0.2, 0.25) is 5.91 Å². The number of rotatable bonds is 9. The van der Waals surface area contributed by atoms with Gasteiger partial charge in [-0.3, -0.25) is 14.8 Å². The van der Waals surface area contributed by atoms with E-state index in [2.05, 4.69) is 17.4 Å². The lowest BCUT2D eigenvalue weighted by atomic mass is 9.89. The van der Waals surface area contributed by atoms with Crippen molar-refractivity contribution in [1.29, 1.82) is 0 Å². The number of nitrogens with two attached hydrogens (primary N) is 2. The molecule has 8 nitrogen and oxygen atoms in total. The van der Waals surface area contributed by atoms with Gasteiger partial charge in [0.15, 0.2) is 0 Å². The van der Waals surface area contributed by atoms with Gasteiger partial charge in [0.1, 0.15) is 5.82 Å². The summed E-state index contributed by atoms with van der Waals surface area (Å²) < 4.78 is 13.1. The summed E-state index contributed by atoms with van der Waals surface area (Å²) in [5.74, 6) is 4.86. The first kappa shape index (κ1) is 25.2. The molecule has 2 aromatic rings. The molecule has 34 heavy (non-hydrogen) atoms. The summed E-state index contributed by atoms with van der Waals surface area (Å²) >= 11 is 0. The van der Waals surface area contributed by atoms with Gasteiger partial charge in [-0.25, -0.2) is 15.7 Å². The highest BCUT2D eigenvalue weighted by molar-refractivity contribution is 5.94. The lowest BCUT2D eigenvalue weighted by Crippen LogP contribution is -2.44. The smallest absolute Gasteiger partial charge is 0.251 e. The topological polar surface area (TPSA) is 134 Å². The Hall–Kier alpha value is -3.43. The lowest BCUT2D eigenvalue weighted by Gasteiger charge is -2.28. The standard InChI is InChI=1S/C25H32FN5O3/c1-16(29-25(33)19-8-10-21(26)11-9-19)23(27)15-31(28)22(14-24(32)30-34)13-17-6-7-18-4-2-3-5-20(18)12-17/h6-12,15-16,22,34H,2-5,13-14,27-28H2,1H3,(H,29,33)(H,30,32)/b23-15-/t16?,22-/m1/s1. The number of halogens is 1. The predicted molar refractivity (Wildman–Crippen MR) is 127 cm³/mol. The van der Waals surface area contributed by atoms with E-state index in [1.807, 2.05) is 6.07 Å². The molecule has 1 unspecified atom stereocenters. The molecule has 9 heteroatoms. The van der Waals surface area contributed by atoms with E-state index in [0.29, 0.717) is 12.0 Å². The Morgan fingerprint density at radius 3 is 2.50 bits per heavy atom. The van der Waals surface area contributed by atoms with Gasteiger partial charge < -0.3 is 16.1 Å². The number of hydrogen-bond acceptors (Lipinski definition) is 6. The molecule has 0 aromatic heterocycles. The highest BCUT2D eigenvalue weighted by Gasteiger charge is 2.21. The zero-order chi connectivity index (χ0) is 24.7. The van der Waals surface area contributed by atoms with Crippen LogP contribution in [0.2, 0.25) is 0 Å². The quantitative estimate of drug-likeness (QED) is 0.217. The Kier molecular flexibility index (Phi) is 8.61. The fourth-order valence-corrected chi connectivity index (χ4v) is 4.08. The summed E-state index contributed by atoms with van der Waals surface area (Å²) in [4.78, 5) is 24.3. The first-order valence-corrected chi connectivity index (χ1v) is 11.4.